The van der Waals surface area contributed by atoms with Gasteiger partial charge in [-0.05, 0) is 41.8 Å². The van der Waals surface area contributed by atoms with E-state index in [-0.39, 0.29) is 18.3 Å². The Labute approximate surface area is 138 Å². The summed E-state index contributed by atoms with van der Waals surface area (Å²) in [7, 11) is 3.08. The highest BCUT2D eigenvalue weighted by atomic mass is 19.1. The van der Waals surface area contributed by atoms with E-state index in [0.717, 1.165) is 5.39 Å². The Bertz CT molecular complexity index is 889. The van der Waals surface area contributed by atoms with Crippen molar-refractivity contribution < 1.29 is 18.7 Å². The number of benzene rings is 2. The van der Waals surface area contributed by atoms with E-state index in [9.17, 15) is 9.18 Å². The predicted octanol–water partition coefficient (Wildman–Crippen LogP) is 3.44. The van der Waals surface area contributed by atoms with Crippen LogP contribution in [-0.2, 0) is 11.3 Å². The Morgan fingerprint density at radius 2 is 1.96 bits per heavy atom. The molecule has 24 heavy (non-hydrogen) atoms. The molecule has 0 aliphatic carbocycles. The van der Waals surface area contributed by atoms with Crippen molar-refractivity contribution >= 4 is 22.5 Å². The summed E-state index contributed by atoms with van der Waals surface area (Å²) < 4.78 is 25.5. The molecule has 2 aromatic carbocycles. The molecular weight excluding hydrogens is 311 g/mol. The molecular formula is C18H17FN2O3. The summed E-state index contributed by atoms with van der Waals surface area (Å²) >= 11 is 0. The molecule has 0 spiro atoms. The lowest BCUT2D eigenvalue weighted by molar-refractivity contribution is -0.116. The van der Waals surface area contributed by atoms with E-state index in [1.54, 1.807) is 42.1 Å². The second kappa shape index (κ2) is 6.62. The third-order valence-electron chi connectivity index (χ3n) is 3.73. The Kier molecular flexibility index (Phi) is 4.37. The Morgan fingerprint density at radius 3 is 2.71 bits per heavy atom. The number of nitrogens with one attached hydrogen (secondary N) is 1. The van der Waals surface area contributed by atoms with Crippen LogP contribution in [0, 0.1) is 5.82 Å². The van der Waals surface area contributed by atoms with Crippen molar-refractivity contribution in [1.29, 1.82) is 0 Å². The third-order valence-corrected chi connectivity index (χ3v) is 3.73. The number of methoxy groups -OCH3 is 2. The molecule has 0 unspecified atom stereocenters. The van der Waals surface area contributed by atoms with Gasteiger partial charge in [0.1, 0.15) is 23.9 Å². The van der Waals surface area contributed by atoms with Crippen LogP contribution in [0.5, 0.6) is 11.5 Å². The van der Waals surface area contributed by atoms with Crippen molar-refractivity contribution in [2.24, 2.45) is 0 Å². The summed E-state index contributed by atoms with van der Waals surface area (Å²) in [6.45, 7) is 0.0628. The minimum Gasteiger partial charge on any atom is -0.497 e. The number of carbonyl (C=O) groups excluding carboxylic acids is 1. The van der Waals surface area contributed by atoms with Crippen molar-refractivity contribution in [3.63, 3.8) is 0 Å². The fourth-order valence-electron chi connectivity index (χ4n) is 2.55. The normalized spacial score (nSPS) is 10.6. The van der Waals surface area contributed by atoms with E-state index in [1.807, 2.05) is 6.07 Å². The van der Waals surface area contributed by atoms with Crippen LogP contribution < -0.4 is 14.8 Å². The molecule has 3 aromatic rings. The van der Waals surface area contributed by atoms with E-state index in [2.05, 4.69) is 5.32 Å². The summed E-state index contributed by atoms with van der Waals surface area (Å²) in [6, 6.07) is 11.5. The first-order chi connectivity index (χ1) is 11.6. The minimum absolute atomic E-state index is 0.0628. The molecule has 1 amide bonds. The molecule has 0 radical (unpaired) electrons. The summed E-state index contributed by atoms with van der Waals surface area (Å²) in [5.74, 6) is 0.563. The topological polar surface area (TPSA) is 52.5 Å². The van der Waals surface area contributed by atoms with Crippen LogP contribution in [-0.4, -0.2) is 24.7 Å². The highest BCUT2D eigenvalue weighted by Gasteiger charge is 2.11. The molecule has 0 aliphatic heterocycles. The van der Waals surface area contributed by atoms with E-state index in [0.29, 0.717) is 22.7 Å². The molecule has 0 saturated carbocycles. The van der Waals surface area contributed by atoms with Gasteiger partial charge >= 0.3 is 0 Å². The molecule has 0 atom stereocenters. The van der Waals surface area contributed by atoms with Gasteiger partial charge in [-0.15, -0.1) is 0 Å². The van der Waals surface area contributed by atoms with Gasteiger partial charge in [-0.3, -0.25) is 4.79 Å². The molecule has 1 N–H and O–H groups in total. The van der Waals surface area contributed by atoms with Gasteiger partial charge in [0.2, 0.25) is 5.91 Å². The number of rotatable bonds is 5. The van der Waals surface area contributed by atoms with Crippen molar-refractivity contribution in [3.8, 4) is 11.5 Å². The summed E-state index contributed by atoms with van der Waals surface area (Å²) in [5, 5.41) is 3.67. The molecule has 1 heterocycles. The van der Waals surface area contributed by atoms with Crippen molar-refractivity contribution in [3.05, 3.63) is 54.5 Å². The van der Waals surface area contributed by atoms with E-state index in [1.165, 1.54) is 19.2 Å². The molecule has 5 nitrogen and oxygen atoms in total. The van der Waals surface area contributed by atoms with E-state index >= 15 is 0 Å². The smallest absolute Gasteiger partial charge is 0.244 e. The fourth-order valence-corrected chi connectivity index (χ4v) is 2.55. The number of nitrogens with zero attached hydrogens (tertiary/aromatic N) is 1. The lowest BCUT2D eigenvalue weighted by Gasteiger charge is -2.12. The van der Waals surface area contributed by atoms with Crippen LogP contribution in [0.2, 0.25) is 0 Å². The van der Waals surface area contributed by atoms with Crippen LogP contribution >= 0.6 is 0 Å². The fraction of sp³-hybridized carbons (Fsp3) is 0.167. The van der Waals surface area contributed by atoms with Gasteiger partial charge in [0.05, 0.1) is 25.4 Å². The molecule has 0 saturated heterocycles. The number of hydrogen-bond acceptors (Lipinski definition) is 3. The Morgan fingerprint density at radius 1 is 1.12 bits per heavy atom. The molecule has 1 aromatic heterocycles. The third kappa shape index (κ3) is 3.17. The number of aromatic nitrogens is 1. The predicted molar refractivity (Wildman–Crippen MR) is 90.1 cm³/mol. The van der Waals surface area contributed by atoms with Crippen molar-refractivity contribution in [2.75, 3.05) is 19.5 Å². The first-order valence-electron chi connectivity index (χ1n) is 7.37. The maximum absolute atomic E-state index is 13.4. The SMILES string of the molecule is COc1ccc(OC)c(NC(=O)Cn2ccc3ccc(F)cc32)c1. The number of fused-ring (bicyclic) bond motifs is 1. The summed E-state index contributed by atoms with van der Waals surface area (Å²) in [6.07, 6.45) is 1.76. The van der Waals surface area contributed by atoms with Gasteiger partial charge in [-0.1, -0.05) is 0 Å². The van der Waals surface area contributed by atoms with Crippen LogP contribution in [0.15, 0.2) is 48.7 Å². The standard InChI is InChI=1S/C18H17FN2O3/c1-23-14-5-6-17(24-2)15(10-14)20-18(22)11-21-8-7-12-3-4-13(19)9-16(12)21/h3-10H,11H2,1-2H3,(H,20,22). The summed E-state index contributed by atoms with van der Waals surface area (Å²) in [4.78, 5) is 12.4. The quantitative estimate of drug-likeness (QED) is 0.780. The van der Waals surface area contributed by atoms with Gasteiger partial charge in [-0.25, -0.2) is 4.39 Å². The molecule has 3 rings (SSSR count). The zero-order valence-corrected chi connectivity index (χ0v) is 13.4. The summed E-state index contributed by atoms with van der Waals surface area (Å²) in [5.41, 5.74) is 1.19. The maximum atomic E-state index is 13.4. The average Bonchev–Trinajstić information content (AvgIpc) is 2.96. The van der Waals surface area contributed by atoms with Crippen molar-refractivity contribution in [2.45, 2.75) is 6.54 Å². The zero-order chi connectivity index (χ0) is 17.1. The highest BCUT2D eigenvalue weighted by molar-refractivity contribution is 5.93. The molecule has 0 aliphatic rings. The zero-order valence-electron chi connectivity index (χ0n) is 13.4. The number of amides is 1. The maximum Gasteiger partial charge on any atom is 0.244 e. The molecule has 0 fully saturated rings. The highest BCUT2D eigenvalue weighted by Crippen LogP contribution is 2.29. The van der Waals surface area contributed by atoms with Gasteiger partial charge in [0.15, 0.2) is 0 Å². The Hall–Kier alpha value is -3.02. The number of hydrogen-bond donors (Lipinski definition) is 1. The van der Waals surface area contributed by atoms with E-state index < -0.39 is 0 Å². The lowest BCUT2D eigenvalue weighted by atomic mass is 10.2. The first kappa shape index (κ1) is 15.9. The van der Waals surface area contributed by atoms with Crippen molar-refractivity contribution in [1.82, 2.24) is 4.57 Å². The van der Waals surface area contributed by atoms with Crippen LogP contribution in [0.3, 0.4) is 0 Å². The van der Waals surface area contributed by atoms with Gasteiger partial charge in [-0.2, -0.15) is 0 Å². The van der Waals surface area contributed by atoms with Crippen LogP contribution in [0.25, 0.3) is 10.9 Å². The average molecular weight is 328 g/mol. The number of halogens is 1. The van der Waals surface area contributed by atoms with Gasteiger partial charge in [0, 0.05) is 12.3 Å². The monoisotopic (exact) mass is 328 g/mol. The van der Waals surface area contributed by atoms with Crippen LogP contribution in [0.4, 0.5) is 10.1 Å². The Balaban J connectivity index is 1.81. The van der Waals surface area contributed by atoms with Crippen LogP contribution in [0.1, 0.15) is 0 Å². The number of ether oxygens (including phenoxy) is 2. The number of carbonyl (C=O) groups is 1. The first-order valence-corrected chi connectivity index (χ1v) is 7.37. The van der Waals surface area contributed by atoms with E-state index in [4.69, 9.17) is 9.47 Å². The largest absolute Gasteiger partial charge is 0.497 e. The second-order valence-corrected chi connectivity index (χ2v) is 5.26. The molecule has 0 bridgehead atoms. The van der Waals surface area contributed by atoms with Gasteiger partial charge in [0.25, 0.3) is 0 Å². The van der Waals surface area contributed by atoms with Gasteiger partial charge < -0.3 is 19.4 Å². The molecule has 6 heteroatoms. The second-order valence-electron chi connectivity index (χ2n) is 5.26. The molecule has 124 valence electrons. The lowest BCUT2D eigenvalue weighted by Crippen LogP contribution is -2.18. The number of anilines is 1. The minimum atomic E-state index is -0.336.